The number of phenolic OH excluding ortho intramolecular Hbond substituents is 1. The summed E-state index contributed by atoms with van der Waals surface area (Å²) in [7, 11) is 2.65. The van der Waals surface area contributed by atoms with E-state index in [9.17, 15) is 19.5 Å². The molecular weight excluding hydrogens is 388 g/mol. The van der Waals surface area contributed by atoms with E-state index in [2.05, 4.69) is 10.6 Å². The van der Waals surface area contributed by atoms with E-state index in [1.807, 2.05) is 18.2 Å². The zero-order valence-electron chi connectivity index (χ0n) is 16.9. The van der Waals surface area contributed by atoms with E-state index >= 15 is 0 Å². The first-order valence-electron chi connectivity index (χ1n) is 9.57. The Hall–Kier alpha value is -3.55. The smallest absolute Gasteiger partial charge is 0.333 e. The number of nitrogens with one attached hydrogen (secondary N) is 2. The third kappa shape index (κ3) is 4.89. The highest BCUT2D eigenvalue weighted by atomic mass is 16.5. The molecule has 0 radical (unpaired) electrons. The molecule has 0 aliphatic carbocycles. The van der Waals surface area contributed by atoms with E-state index in [-0.39, 0.29) is 29.7 Å². The fourth-order valence-corrected chi connectivity index (χ4v) is 3.41. The molecule has 1 aliphatic rings. The molecule has 0 spiro atoms. The lowest BCUT2D eigenvalue weighted by molar-refractivity contribution is -0.145. The number of aromatic hydroxyl groups is 1. The van der Waals surface area contributed by atoms with Crippen molar-refractivity contribution in [3.8, 4) is 11.5 Å². The number of methoxy groups -OCH3 is 2. The number of carbonyl (C=O) groups is 3. The van der Waals surface area contributed by atoms with Gasteiger partial charge in [-0.3, -0.25) is 9.59 Å². The second kappa shape index (κ2) is 9.30. The quantitative estimate of drug-likeness (QED) is 0.573. The van der Waals surface area contributed by atoms with E-state index in [1.165, 1.54) is 26.4 Å². The molecule has 30 heavy (non-hydrogen) atoms. The van der Waals surface area contributed by atoms with E-state index < -0.39 is 12.0 Å². The zero-order valence-corrected chi connectivity index (χ0v) is 16.9. The average Bonchev–Trinajstić information content (AvgIpc) is 3.10. The maximum Gasteiger partial charge on any atom is 0.333 e. The van der Waals surface area contributed by atoms with Crippen LogP contribution in [0.1, 0.15) is 35.6 Å². The molecule has 1 atom stereocenters. The van der Waals surface area contributed by atoms with Crippen LogP contribution in [0, 0.1) is 0 Å². The van der Waals surface area contributed by atoms with E-state index in [0.29, 0.717) is 24.8 Å². The maximum absolute atomic E-state index is 12.4. The molecule has 0 aromatic heterocycles. The highest BCUT2D eigenvalue weighted by Gasteiger charge is 2.24. The van der Waals surface area contributed by atoms with Crippen LogP contribution in [0.2, 0.25) is 0 Å². The number of amides is 2. The SMILES string of the molecule is COC(=O)C(NC(=O)CCCc1ccc2c(c1)CC(=O)N2)c1ccc(OC)c(O)c1. The van der Waals surface area contributed by atoms with Gasteiger partial charge in [-0.1, -0.05) is 18.2 Å². The highest BCUT2D eigenvalue weighted by molar-refractivity contribution is 5.99. The number of benzene rings is 2. The summed E-state index contributed by atoms with van der Waals surface area (Å²) >= 11 is 0. The van der Waals surface area contributed by atoms with Crippen molar-refractivity contribution < 1.29 is 29.0 Å². The lowest BCUT2D eigenvalue weighted by Crippen LogP contribution is -2.34. The maximum atomic E-state index is 12.4. The normalized spacial score (nSPS) is 13.2. The summed E-state index contributed by atoms with van der Waals surface area (Å²) in [6, 6.07) is 9.21. The van der Waals surface area contributed by atoms with Crippen LogP contribution in [0.4, 0.5) is 5.69 Å². The molecule has 0 bridgehead atoms. The molecule has 3 N–H and O–H groups in total. The number of anilines is 1. The van der Waals surface area contributed by atoms with Crippen LogP contribution < -0.4 is 15.4 Å². The number of ether oxygens (including phenoxy) is 2. The monoisotopic (exact) mass is 412 g/mol. The number of hydrogen-bond donors (Lipinski definition) is 3. The lowest BCUT2D eigenvalue weighted by Gasteiger charge is -2.18. The first-order chi connectivity index (χ1) is 14.4. The Labute approximate surface area is 174 Å². The summed E-state index contributed by atoms with van der Waals surface area (Å²) in [4.78, 5) is 36.0. The van der Waals surface area contributed by atoms with Crippen molar-refractivity contribution >= 4 is 23.5 Å². The van der Waals surface area contributed by atoms with Crippen LogP contribution in [0.3, 0.4) is 0 Å². The van der Waals surface area contributed by atoms with E-state index in [0.717, 1.165) is 16.8 Å². The largest absolute Gasteiger partial charge is 0.504 e. The van der Waals surface area contributed by atoms with Gasteiger partial charge in [-0.15, -0.1) is 0 Å². The van der Waals surface area contributed by atoms with Crippen LogP contribution in [0.25, 0.3) is 0 Å². The van der Waals surface area contributed by atoms with Crippen molar-refractivity contribution in [1.82, 2.24) is 5.32 Å². The van der Waals surface area contributed by atoms with Gasteiger partial charge in [0, 0.05) is 12.1 Å². The number of hydrogen-bond acceptors (Lipinski definition) is 6. The van der Waals surface area contributed by atoms with Gasteiger partial charge in [0.25, 0.3) is 0 Å². The number of esters is 1. The molecule has 1 heterocycles. The Kier molecular flexibility index (Phi) is 6.56. The van der Waals surface area contributed by atoms with Gasteiger partial charge in [0.15, 0.2) is 17.5 Å². The molecule has 1 unspecified atom stereocenters. The van der Waals surface area contributed by atoms with Crippen LogP contribution >= 0.6 is 0 Å². The molecule has 2 amide bonds. The van der Waals surface area contributed by atoms with Crippen LogP contribution in [-0.2, 0) is 32.0 Å². The van der Waals surface area contributed by atoms with Gasteiger partial charge in [-0.05, 0) is 47.7 Å². The molecule has 2 aromatic carbocycles. The molecule has 0 saturated heterocycles. The predicted octanol–water partition coefficient (Wildman–Crippen LogP) is 2.25. The summed E-state index contributed by atoms with van der Waals surface area (Å²) < 4.78 is 9.79. The van der Waals surface area contributed by atoms with Gasteiger partial charge in [0.1, 0.15) is 0 Å². The van der Waals surface area contributed by atoms with Crippen LogP contribution in [0.15, 0.2) is 36.4 Å². The van der Waals surface area contributed by atoms with Gasteiger partial charge in [-0.25, -0.2) is 4.79 Å². The molecule has 0 fully saturated rings. The first-order valence-corrected chi connectivity index (χ1v) is 9.57. The molecular formula is C22H24N2O6. The number of carbonyl (C=O) groups excluding carboxylic acids is 3. The van der Waals surface area contributed by atoms with Crippen LogP contribution in [0.5, 0.6) is 11.5 Å². The first kappa shape index (κ1) is 21.2. The Morgan fingerprint density at radius 2 is 2.00 bits per heavy atom. The average molecular weight is 412 g/mol. The lowest BCUT2D eigenvalue weighted by atomic mass is 10.0. The highest BCUT2D eigenvalue weighted by Crippen LogP contribution is 2.29. The van der Waals surface area contributed by atoms with Gasteiger partial charge in [0.2, 0.25) is 11.8 Å². The fraction of sp³-hybridized carbons (Fsp3) is 0.318. The number of phenols is 1. The number of aryl methyl sites for hydroxylation is 1. The molecule has 8 heteroatoms. The fourth-order valence-electron chi connectivity index (χ4n) is 3.41. The third-order valence-corrected chi connectivity index (χ3v) is 4.94. The third-order valence-electron chi connectivity index (χ3n) is 4.94. The summed E-state index contributed by atoms with van der Waals surface area (Å²) in [6.07, 6.45) is 1.83. The van der Waals surface area contributed by atoms with Crippen molar-refractivity contribution in [2.24, 2.45) is 0 Å². The second-order valence-corrected chi connectivity index (χ2v) is 7.02. The Balaban J connectivity index is 1.58. The summed E-state index contributed by atoms with van der Waals surface area (Å²) in [6.45, 7) is 0. The molecule has 1 aliphatic heterocycles. The molecule has 158 valence electrons. The van der Waals surface area contributed by atoms with Crippen molar-refractivity contribution in [2.75, 3.05) is 19.5 Å². The van der Waals surface area contributed by atoms with Gasteiger partial charge < -0.3 is 25.2 Å². The molecule has 8 nitrogen and oxygen atoms in total. The van der Waals surface area contributed by atoms with Crippen molar-refractivity contribution in [3.63, 3.8) is 0 Å². The van der Waals surface area contributed by atoms with Gasteiger partial charge in [-0.2, -0.15) is 0 Å². The van der Waals surface area contributed by atoms with Gasteiger partial charge in [0.05, 0.1) is 20.6 Å². The zero-order chi connectivity index (χ0) is 21.7. The number of fused-ring (bicyclic) bond motifs is 1. The minimum absolute atomic E-state index is 0.0139. The standard InChI is InChI=1S/C22H24N2O6/c1-29-18-9-7-14(11-17(18)25)21(22(28)30-2)24-19(26)5-3-4-13-6-8-16-15(10-13)12-20(27)23-16/h6-11,21,25H,3-5,12H2,1-2H3,(H,23,27)(H,24,26). The topological polar surface area (TPSA) is 114 Å². The van der Waals surface area contributed by atoms with Crippen molar-refractivity contribution in [1.29, 1.82) is 0 Å². The number of rotatable bonds is 8. The Morgan fingerprint density at radius 3 is 2.70 bits per heavy atom. The summed E-state index contributed by atoms with van der Waals surface area (Å²) in [5.74, 6) is -0.829. The van der Waals surface area contributed by atoms with Crippen molar-refractivity contribution in [2.45, 2.75) is 31.7 Å². The molecule has 0 saturated carbocycles. The Bertz CT molecular complexity index is 972. The van der Waals surface area contributed by atoms with Crippen LogP contribution in [-0.4, -0.2) is 37.1 Å². The second-order valence-electron chi connectivity index (χ2n) is 7.02. The Morgan fingerprint density at radius 1 is 1.20 bits per heavy atom. The van der Waals surface area contributed by atoms with E-state index in [4.69, 9.17) is 9.47 Å². The summed E-state index contributed by atoms with van der Waals surface area (Å²) in [5.41, 5.74) is 3.24. The summed E-state index contributed by atoms with van der Waals surface area (Å²) in [5, 5.41) is 15.4. The minimum Gasteiger partial charge on any atom is -0.504 e. The van der Waals surface area contributed by atoms with E-state index in [1.54, 1.807) is 6.07 Å². The van der Waals surface area contributed by atoms with Crippen molar-refractivity contribution in [3.05, 3.63) is 53.1 Å². The van der Waals surface area contributed by atoms with Gasteiger partial charge >= 0.3 is 5.97 Å². The molecule has 3 rings (SSSR count). The molecule has 2 aromatic rings. The predicted molar refractivity (Wildman–Crippen MR) is 109 cm³/mol. The minimum atomic E-state index is -1.03.